The third-order valence-corrected chi connectivity index (χ3v) is 2.19. The summed E-state index contributed by atoms with van der Waals surface area (Å²) in [5, 5.41) is 2.80. The predicted octanol–water partition coefficient (Wildman–Crippen LogP) is 0.601. The first-order valence-corrected chi connectivity index (χ1v) is 5.03. The Morgan fingerprint density at radius 3 is 2.93 bits per heavy atom. The molecular weight excluding hydrogens is 190 g/mol. The van der Waals surface area contributed by atoms with E-state index in [1.54, 1.807) is 6.92 Å². The molecule has 15 heavy (non-hydrogen) atoms. The van der Waals surface area contributed by atoms with Crippen LogP contribution in [-0.4, -0.2) is 17.4 Å². The maximum atomic E-state index is 11.4. The van der Waals surface area contributed by atoms with Gasteiger partial charge in [0.05, 0.1) is 12.2 Å². The molecule has 0 aliphatic heterocycles. The molecule has 0 bridgehead atoms. The van der Waals surface area contributed by atoms with Crippen molar-refractivity contribution in [3.63, 3.8) is 0 Å². The van der Waals surface area contributed by atoms with Crippen LogP contribution in [0, 0.1) is 12.8 Å². The van der Waals surface area contributed by atoms with Crippen LogP contribution in [0.3, 0.4) is 0 Å². The molecule has 3 N–H and O–H groups in total. The van der Waals surface area contributed by atoms with E-state index in [9.17, 15) is 4.79 Å². The zero-order valence-electron chi connectivity index (χ0n) is 9.16. The normalized spacial score (nSPS) is 12.2. The molecule has 4 nitrogen and oxygen atoms in total. The summed E-state index contributed by atoms with van der Waals surface area (Å²) in [5.41, 5.74) is 7.21. The zero-order chi connectivity index (χ0) is 11.3. The number of nitrogens with one attached hydrogen (secondary N) is 1. The van der Waals surface area contributed by atoms with Gasteiger partial charge in [-0.05, 0) is 19.1 Å². The summed E-state index contributed by atoms with van der Waals surface area (Å²) in [6.45, 7) is 4.56. The standard InChI is InChI=1S/C11H17N3O/c1-8(6-12)11(15)13-7-10-5-3-4-9(2)14-10/h3-5,8H,6-7,12H2,1-2H3,(H,13,15). The van der Waals surface area contributed by atoms with Crippen LogP contribution >= 0.6 is 0 Å². The van der Waals surface area contributed by atoms with E-state index in [4.69, 9.17) is 5.73 Å². The quantitative estimate of drug-likeness (QED) is 0.759. The van der Waals surface area contributed by atoms with Crippen molar-refractivity contribution in [1.82, 2.24) is 10.3 Å². The minimum Gasteiger partial charge on any atom is -0.350 e. The van der Waals surface area contributed by atoms with E-state index in [0.29, 0.717) is 13.1 Å². The number of rotatable bonds is 4. The van der Waals surface area contributed by atoms with Gasteiger partial charge in [-0.1, -0.05) is 13.0 Å². The Balaban J connectivity index is 2.47. The van der Waals surface area contributed by atoms with E-state index < -0.39 is 0 Å². The van der Waals surface area contributed by atoms with Crippen molar-refractivity contribution in [2.45, 2.75) is 20.4 Å². The first kappa shape index (κ1) is 11.7. The number of nitrogens with two attached hydrogens (primary N) is 1. The number of hydrogen-bond donors (Lipinski definition) is 2. The lowest BCUT2D eigenvalue weighted by molar-refractivity contribution is -0.124. The molecule has 0 fully saturated rings. The van der Waals surface area contributed by atoms with Crippen LogP contribution in [0.1, 0.15) is 18.3 Å². The molecular formula is C11H17N3O. The fraction of sp³-hybridized carbons (Fsp3) is 0.455. The Morgan fingerprint density at radius 2 is 2.33 bits per heavy atom. The van der Waals surface area contributed by atoms with Gasteiger partial charge in [-0.3, -0.25) is 9.78 Å². The molecule has 0 radical (unpaired) electrons. The molecule has 0 aliphatic rings. The highest BCUT2D eigenvalue weighted by atomic mass is 16.1. The fourth-order valence-corrected chi connectivity index (χ4v) is 1.16. The minimum absolute atomic E-state index is 0.0270. The lowest BCUT2D eigenvalue weighted by atomic mass is 10.1. The topological polar surface area (TPSA) is 68.0 Å². The molecule has 0 aromatic carbocycles. The Bertz CT molecular complexity index is 338. The van der Waals surface area contributed by atoms with E-state index >= 15 is 0 Å². The van der Waals surface area contributed by atoms with Crippen molar-refractivity contribution in [2.75, 3.05) is 6.54 Å². The summed E-state index contributed by atoms with van der Waals surface area (Å²) >= 11 is 0. The van der Waals surface area contributed by atoms with Crippen LogP contribution in [-0.2, 0) is 11.3 Å². The van der Waals surface area contributed by atoms with E-state index in [-0.39, 0.29) is 11.8 Å². The number of pyridine rings is 1. The summed E-state index contributed by atoms with van der Waals surface area (Å²) < 4.78 is 0. The number of aromatic nitrogens is 1. The number of nitrogens with zero attached hydrogens (tertiary/aromatic N) is 1. The van der Waals surface area contributed by atoms with E-state index in [1.165, 1.54) is 0 Å². The van der Waals surface area contributed by atoms with E-state index in [2.05, 4.69) is 10.3 Å². The highest BCUT2D eigenvalue weighted by molar-refractivity contribution is 5.78. The Morgan fingerprint density at radius 1 is 1.60 bits per heavy atom. The minimum atomic E-state index is -0.144. The molecule has 1 unspecified atom stereocenters. The van der Waals surface area contributed by atoms with E-state index in [0.717, 1.165) is 11.4 Å². The van der Waals surface area contributed by atoms with Gasteiger partial charge in [-0.15, -0.1) is 0 Å². The van der Waals surface area contributed by atoms with Gasteiger partial charge < -0.3 is 11.1 Å². The first-order chi connectivity index (χ1) is 7.13. The maximum Gasteiger partial charge on any atom is 0.224 e. The highest BCUT2D eigenvalue weighted by Crippen LogP contribution is 1.98. The van der Waals surface area contributed by atoms with Gasteiger partial charge in [0.2, 0.25) is 5.91 Å². The van der Waals surface area contributed by atoms with Crippen LogP contribution in [0.5, 0.6) is 0 Å². The van der Waals surface area contributed by atoms with Crippen molar-refractivity contribution in [1.29, 1.82) is 0 Å². The van der Waals surface area contributed by atoms with Crippen molar-refractivity contribution >= 4 is 5.91 Å². The second-order valence-electron chi connectivity index (χ2n) is 3.62. The summed E-state index contributed by atoms with van der Waals surface area (Å²) in [6.07, 6.45) is 0. The predicted molar refractivity (Wildman–Crippen MR) is 59.0 cm³/mol. The summed E-state index contributed by atoms with van der Waals surface area (Å²) in [4.78, 5) is 15.7. The molecule has 0 saturated carbocycles. The molecule has 1 aromatic heterocycles. The van der Waals surface area contributed by atoms with Crippen molar-refractivity contribution in [2.24, 2.45) is 11.7 Å². The highest BCUT2D eigenvalue weighted by Gasteiger charge is 2.09. The molecule has 1 aromatic rings. The second-order valence-corrected chi connectivity index (χ2v) is 3.62. The third-order valence-electron chi connectivity index (χ3n) is 2.19. The number of aryl methyl sites for hydroxylation is 1. The molecule has 0 aliphatic carbocycles. The smallest absolute Gasteiger partial charge is 0.224 e. The van der Waals surface area contributed by atoms with Crippen LogP contribution in [0.15, 0.2) is 18.2 Å². The number of carbonyl (C=O) groups excluding carboxylic acids is 1. The monoisotopic (exact) mass is 207 g/mol. The number of amides is 1. The van der Waals surface area contributed by atoms with Gasteiger partial charge in [0.15, 0.2) is 0 Å². The summed E-state index contributed by atoms with van der Waals surface area (Å²) in [7, 11) is 0. The van der Waals surface area contributed by atoms with Crippen molar-refractivity contribution in [3.8, 4) is 0 Å². The Kier molecular flexibility index (Phi) is 4.24. The van der Waals surface area contributed by atoms with E-state index in [1.807, 2.05) is 25.1 Å². The van der Waals surface area contributed by atoms with Gasteiger partial charge >= 0.3 is 0 Å². The SMILES string of the molecule is Cc1cccc(CNC(=O)C(C)CN)n1. The lowest BCUT2D eigenvalue weighted by Gasteiger charge is -2.09. The first-order valence-electron chi connectivity index (χ1n) is 5.03. The Labute approximate surface area is 89.9 Å². The van der Waals surface area contributed by atoms with Crippen molar-refractivity contribution < 1.29 is 4.79 Å². The van der Waals surface area contributed by atoms with Crippen LogP contribution in [0.4, 0.5) is 0 Å². The molecule has 0 spiro atoms. The molecule has 1 heterocycles. The molecule has 1 amide bonds. The Hall–Kier alpha value is -1.42. The van der Waals surface area contributed by atoms with Gasteiger partial charge in [-0.2, -0.15) is 0 Å². The largest absolute Gasteiger partial charge is 0.350 e. The van der Waals surface area contributed by atoms with Crippen LogP contribution in [0.25, 0.3) is 0 Å². The van der Waals surface area contributed by atoms with Crippen molar-refractivity contribution in [3.05, 3.63) is 29.6 Å². The average molecular weight is 207 g/mol. The number of hydrogen-bond acceptors (Lipinski definition) is 3. The van der Waals surface area contributed by atoms with Gasteiger partial charge in [0.25, 0.3) is 0 Å². The van der Waals surface area contributed by atoms with Gasteiger partial charge in [0.1, 0.15) is 0 Å². The van der Waals surface area contributed by atoms with Gasteiger partial charge in [-0.25, -0.2) is 0 Å². The maximum absolute atomic E-state index is 11.4. The summed E-state index contributed by atoms with van der Waals surface area (Å²) in [5.74, 6) is -0.171. The average Bonchev–Trinajstić information content (AvgIpc) is 2.25. The molecule has 82 valence electrons. The third kappa shape index (κ3) is 3.67. The van der Waals surface area contributed by atoms with Gasteiger partial charge in [0, 0.05) is 18.2 Å². The molecule has 0 saturated heterocycles. The van der Waals surface area contributed by atoms with Crippen LogP contribution in [0.2, 0.25) is 0 Å². The number of carbonyl (C=O) groups is 1. The van der Waals surface area contributed by atoms with Crippen LogP contribution < -0.4 is 11.1 Å². The molecule has 4 heteroatoms. The zero-order valence-corrected chi connectivity index (χ0v) is 9.16. The fourth-order valence-electron chi connectivity index (χ4n) is 1.16. The molecule has 1 atom stereocenters. The lowest BCUT2D eigenvalue weighted by Crippen LogP contribution is -2.33. The molecule has 1 rings (SSSR count). The summed E-state index contributed by atoms with van der Waals surface area (Å²) in [6, 6.07) is 5.74. The second kappa shape index (κ2) is 5.46.